The Kier molecular flexibility index (Phi) is 4.62. The summed E-state index contributed by atoms with van der Waals surface area (Å²) in [6.45, 7) is 2.20. The Bertz CT molecular complexity index is 501. The van der Waals surface area contributed by atoms with E-state index >= 15 is 0 Å². The molecule has 0 saturated heterocycles. The quantitative estimate of drug-likeness (QED) is 0.819. The standard InChI is InChI=1S/C16H23NO3S/c1-21-15-9-14-13(19-6-7-20-14)8-12(15)10-17-16(11-18)4-2-3-5-16/h8-9,17-18H,2-7,10-11H2,1H3. The second-order valence-electron chi connectivity index (χ2n) is 5.81. The highest BCUT2D eigenvalue weighted by Gasteiger charge is 2.32. The van der Waals surface area contributed by atoms with E-state index in [1.807, 2.05) is 0 Å². The maximum atomic E-state index is 9.70. The number of nitrogens with one attached hydrogen (secondary N) is 1. The summed E-state index contributed by atoms with van der Waals surface area (Å²) in [4.78, 5) is 1.21. The van der Waals surface area contributed by atoms with Crippen LogP contribution in [0.15, 0.2) is 17.0 Å². The van der Waals surface area contributed by atoms with E-state index in [1.54, 1.807) is 11.8 Å². The van der Waals surface area contributed by atoms with Gasteiger partial charge >= 0.3 is 0 Å². The van der Waals surface area contributed by atoms with Crippen LogP contribution in [0.3, 0.4) is 0 Å². The summed E-state index contributed by atoms with van der Waals surface area (Å²) in [5, 5.41) is 13.3. The minimum atomic E-state index is -0.0943. The van der Waals surface area contributed by atoms with E-state index in [4.69, 9.17) is 9.47 Å². The van der Waals surface area contributed by atoms with E-state index < -0.39 is 0 Å². The van der Waals surface area contributed by atoms with Crippen molar-refractivity contribution >= 4 is 11.8 Å². The third-order valence-electron chi connectivity index (χ3n) is 4.46. The zero-order chi connectivity index (χ0) is 14.7. The lowest BCUT2D eigenvalue weighted by Crippen LogP contribution is -2.45. The molecular formula is C16H23NO3S. The van der Waals surface area contributed by atoms with E-state index in [2.05, 4.69) is 23.7 Å². The molecule has 0 aromatic heterocycles. The average Bonchev–Trinajstić information content (AvgIpc) is 3.01. The van der Waals surface area contributed by atoms with Gasteiger partial charge in [0.05, 0.1) is 6.61 Å². The number of aliphatic hydroxyl groups is 1. The molecule has 1 saturated carbocycles. The lowest BCUT2D eigenvalue weighted by molar-refractivity contribution is 0.161. The largest absolute Gasteiger partial charge is 0.486 e. The van der Waals surface area contributed by atoms with Crippen LogP contribution in [-0.4, -0.2) is 36.7 Å². The summed E-state index contributed by atoms with van der Waals surface area (Å²) in [7, 11) is 0. The Balaban J connectivity index is 1.77. The van der Waals surface area contributed by atoms with Gasteiger partial charge in [0.25, 0.3) is 0 Å². The fourth-order valence-corrected chi connectivity index (χ4v) is 3.78. The topological polar surface area (TPSA) is 50.7 Å². The normalized spacial score (nSPS) is 19.7. The molecule has 1 fully saturated rings. The number of aliphatic hydroxyl groups excluding tert-OH is 1. The van der Waals surface area contributed by atoms with Crippen LogP contribution in [0, 0.1) is 0 Å². The summed E-state index contributed by atoms with van der Waals surface area (Å²) in [5.74, 6) is 1.67. The summed E-state index contributed by atoms with van der Waals surface area (Å²) in [5.41, 5.74) is 1.12. The van der Waals surface area contributed by atoms with Gasteiger partial charge in [-0.15, -0.1) is 11.8 Å². The molecule has 0 amide bonds. The van der Waals surface area contributed by atoms with Gasteiger partial charge in [0.15, 0.2) is 11.5 Å². The van der Waals surface area contributed by atoms with E-state index in [0.29, 0.717) is 13.2 Å². The number of benzene rings is 1. The van der Waals surface area contributed by atoms with Crippen LogP contribution in [0.1, 0.15) is 31.2 Å². The third-order valence-corrected chi connectivity index (χ3v) is 5.28. The first-order chi connectivity index (χ1) is 10.3. The first-order valence-corrected chi connectivity index (χ1v) is 8.81. The number of thioether (sulfide) groups is 1. The van der Waals surface area contributed by atoms with Crippen LogP contribution < -0.4 is 14.8 Å². The van der Waals surface area contributed by atoms with Crippen LogP contribution in [0.4, 0.5) is 0 Å². The average molecular weight is 309 g/mol. The Morgan fingerprint density at radius 3 is 2.48 bits per heavy atom. The molecule has 1 aliphatic heterocycles. The van der Waals surface area contributed by atoms with Gasteiger partial charge in [-0.2, -0.15) is 0 Å². The Morgan fingerprint density at radius 1 is 1.19 bits per heavy atom. The second-order valence-corrected chi connectivity index (χ2v) is 6.65. The SMILES string of the molecule is CSc1cc2c(cc1CNC1(CO)CCCC1)OCCO2. The van der Waals surface area contributed by atoms with Crippen molar-refractivity contribution in [1.29, 1.82) is 0 Å². The van der Waals surface area contributed by atoms with Crippen molar-refractivity contribution in [2.75, 3.05) is 26.1 Å². The smallest absolute Gasteiger partial charge is 0.162 e. The maximum absolute atomic E-state index is 9.70. The van der Waals surface area contributed by atoms with Crippen LogP contribution in [0.5, 0.6) is 11.5 Å². The van der Waals surface area contributed by atoms with Crippen molar-refractivity contribution in [3.63, 3.8) is 0 Å². The lowest BCUT2D eigenvalue weighted by atomic mass is 9.98. The molecule has 21 heavy (non-hydrogen) atoms. The first-order valence-electron chi connectivity index (χ1n) is 7.59. The molecule has 116 valence electrons. The van der Waals surface area contributed by atoms with Gasteiger partial charge in [-0.3, -0.25) is 0 Å². The van der Waals surface area contributed by atoms with E-state index in [9.17, 15) is 5.11 Å². The molecule has 0 spiro atoms. The van der Waals surface area contributed by atoms with E-state index in [0.717, 1.165) is 30.9 Å². The number of rotatable bonds is 5. The zero-order valence-corrected chi connectivity index (χ0v) is 13.3. The van der Waals surface area contributed by atoms with Crippen molar-refractivity contribution in [3.05, 3.63) is 17.7 Å². The fraction of sp³-hybridized carbons (Fsp3) is 0.625. The molecule has 2 N–H and O–H groups in total. The fourth-order valence-electron chi connectivity index (χ4n) is 3.17. The Morgan fingerprint density at radius 2 is 1.86 bits per heavy atom. The first kappa shape index (κ1) is 15.0. The molecule has 0 bridgehead atoms. The van der Waals surface area contributed by atoms with Gasteiger partial charge in [-0.05, 0) is 36.8 Å². The minimum Gasteiger partial charge on any atom is -0.486 e. The Hall–Kier alpha value is -0.910. The number of hydrogen-bond acceptors (Lipinski definition) is 5. The monoisotopic (exact) mass is 309 g/mol. The van der Waals surface area contributed by atoms with Crippen molar-refractivity contribution in [2.24, 2.45) is 0 Å². The van der Waals surface area contributed by atoms with E-state index in [-0.39, 0.29) is 12.1 Å². The van der Waals surface area contributed by atoms with Crippen LogP contribution in [0.2, 0.25) is 0 Å². The second kappa shape index (κ2) is 6.46. The lowest BCUT2D eigenvalue weighted by Gasteiger charge is -2.29. The highest BCUT2D eigenvalue weighted by Crippen LogP contribution is 2.37. The third kappa shape index (κ3) is 3.15. The highest BCUT2D eigenvalue weighted by atomic mass is 32.2. The van der Waals surface area contributed by atoms with Crippen LogP contribution >= 0.6 is 11.8 Å². The zero-order valence-electron chi connectivity index (χ0n) is 12.5. The molecule has 1 aromatic carbocycles. The van der Waals surface area contributed by atoms with Crippen molar-refractivity contribution in [1.82, 2.24) is 5.32 Å². The van der Waals surface area contributed by atoms with Gasteiger partial charge in [-0.25, -0.2) is 0 Å². The van der Waals surface area contributed by atoms with Gasteiger partial charge in [0, 0.05) is 17.0 Å². The summed E-state index contributed by atoms with van der Waals surface area (Å²) in [6.07, 6.45) is 6.59. The summed E-state index contributed by atoms with van der Waals surface area (Å²) >= 11 is 1.72. The highest BCUT2D eigenvalue weighted by molar-refractivity contribution is 7.98. The molecule has 1 heterocycles. The van der Waals surface area contributed by atoms with Gasteiger partial charge in [0.2, 0.25) is 0 Å². The van der Waals surface area contributed by atoms with Crippen molar-refractivity contribution in [2.45, 2.75) is 42.7 Å². The number of ether oxygens (including phenoxy) is 2. The molecule has 3 rings (SSSR count). The van der Waals surface area contributed by atoms with Gasteiger partial charge < -0.3 is 19.9 Å². The van der Waals surface area contributed by atoms with E-state index in [1.165, 1.54) is 23.3 Å². The van der Waals surface area contributed by atoms with Crippen molar-refractivity contribution in [3.8, 4) is 11.5 Å². The van der Waals surface area contributed by atoms with Crippen molar-refractivity contribution < 1.29 is 14.6 Å². The molecule has 5 heteroatoms. The molecule has 4 nitrogen and oxygen atoms in total. The van der Waals surface area contributed by atoms with Gasteiger partial charge in [0.1, 0.15) is 13.2 Å². The summed E-state index contributed by atoms with van der Waals surface area (Å²) < 4.78 is 11.3. The molecule has 1 aliphatic carbocycles. The van der Waals surface area contributed by atoms with Crippen LogP contribution in [-0.2, 0) is 6.54 Å². The predicted molar refractivity (Wildman–Crippen MR) is 84.3 cm³/mol. The predicted octanol–water partition coefficient (Wildman–Crippen LogP) is 2.57. The summed E-state index contributed by atoms with van der Waals surface area (Å²) in [6, 6.07) is 4.14. The maximum Gasteiger partial charge on any atom is 0.162 e. The number of hydrogen-bond donors (Lipinski definition) is 2. The van der Waals surface area contributed by atoms with Gasteiger partial charge in [-0.1, -0.05) is 12.8 Å². The minimum absolute atomic E-state index is 0.0943. The molecular weight excluding hydrogens is 286 g/mol. The molecule has 1 aromatic rings. The van der Waals surface area contributed by atoms with Crippen LogP contribution in [0.25, 0.3) is 0 Å². The Labute approximate surface area is 130 Å². The number of fused-ring (bicyclic) bond motifs is 1. The molecule has 2 aliphatic rings. The molecule has 0 atom stereocenters. The molecule has 0 radical (unpaired) electrons. The molecule has 0 unspecified atom stereocenters.